The molecule has 0 atom stereocenters. The van der Waals surface area contributed by atoms with Crippen LogP contribution in [-0.2, 0) is 11.2 Å². The Labute approximate surface area is 190 Å². The van der Waals surface area contributed by atoms with E-state index in [1.54, 1.807) is 24.2 Å². The Morgan fingerprint density at radius 2 is 1.62 bits per heavy atom. The smallest absolute Gasteiger partial charge is 0.253 e. The first kappa shape index (κ1) is 23.4. The summed E-state index contributed by atoms with van der Waals surface area (Å²) in [6, 6.07) is 13.3. The molecule has 2 aromatic rings. The van der Waals surface area contributed by atoms with Gasteiger partial charge in [0.2, 0.25) is 5.91 Å². The number of aryl methyl sites for hydroxylation is 1. The first-order valence-corrected chi connectivity index (χ1v) is 11.1. The van der Waals surface area contributed by atoms with Crippen LogP contribution in [0.5, 0.6) is 11.5 Å². The Hall–Kier alpha value is -3.28. The predicted octanol–water partition coefficient (Wildman–Crippen LogP) is 4.04. The van der Waals surface area contributed by atoms with Gasteiger partial charge in [-0.25, -0.2) is 0 Å². The number of ether oxygens (including phenoxy) is 2. The molecule has 3 rings (SSSR count). The van der Waals surface area contributed by atoms with Gasteiger partial charge in [-0.05, 0) is 61.7 Å². The van der Waals surface area contributed by atoms with E-state index in [0.717, 1.165) is 12.0 Å². The van der Waals surface area contributed by atoms with Crippen LogP contribution in [0.15, 0.2) is 48.5 Å². The lowest BCUT2D eigenvalue weighted by molar-refractivity contribution is -0.127. The van der Waals surface area contributed by atoms with Crippen molar-refractivity contribution < 1.29 is 19.1 Å². The summed E-state index contributed by atoms with van der Waals surface area (Å²) in [6.45, 7) is 8.11. The highest BCUT2D eigenvalue weighted by atomic mass is 16.5. The van der Waals surface area contributed by atoms with Gasteiger partial charge in [-0.15, -0.1) is 0 Å². The number of hydrogen-bond acceptors (Lipinski definition) is 4. The Bertz CT molecular complexity index is 958. The van der Waals surface area contributed by atoms with Gasteiger partial charge in [0, 0.05) is 37.8 Å². The number of carbonyl (C=O) groups is 2. The molecule has 0 radical (unpaired) electrons. The fourth-order valence-electron chi connectivity index (χ4n) is 3.61. The van der Waals surface area contributed by atoms with Crippen molar-refractivity contribution in [3.05, 3.63) is 65.2 Å². The molecule has 0 spiro atoms. The van der Waals surface area contributed by atoms with E-state index in [1.165, 1.54) is 5.56 Å². The van der Waals surface area contributed by atoms with E-state index in [0.29, 0.717) is 43.2 Å². The summed E-state index contributed by atoms with van der Waals surface area (Å²) in [7, 11) is 1.60. The van der Waals surface area contributed by atoms with Crippen LogP contribution in [0, 0.1) is 0 Å². The van der Waals surface area contributed by atoms with Gasteiger partial charge in [-0.2, -0.15) is 0 Å². The van der Waals surface area contributed by atoms with Crippen molar-refractivity contribution in [3.8, 4) is 11.5 Å². The summed E-state index contributed by atoms with van der Waals surface area (Å²) >= 11 is 0. The third kappa shape index (κ3) is 5.90. The van der Waals surface area contributed by atoms with E-state index in [1.807, 2.05) is 61.2 Å². The fourth-order valence-corrected chi connectivity index (χ4v) is 3.61. The van der Waals surface area contributed by atoms with Gasteiger partial charge < -0.3 is 19.3 Å². The number of methoxy groups -OCH3 is 1. The van der Waals surface area contributed by atoms with Crippen molar-refractivity contribution in [1.29, 1.82) is 0 Å². The third-order valence-electron chi connectivity index (χ3n) is 5.46. The number of carbonyl (C=O) groups excluding carboxylic acids is 2. The molecule has 6 nitrogen and oxygen atoms in total. The molecule has 32 heavy (non-hydrogen) atoms. The minimum Gasteiger partial charge on any atom is -0.493 e. The van der Waals surface area contributed by atoms with Gasteiger partial charge in [-0.1, -0.05) is 25.1 Å². The van der Waals surface area contributed by atoms with Crippen LogP contribution in [-0.4, -0.2) is 61.0 Å². The maximum atomic E-state index is 12.7. The molecule has 0 aliphatic carbocycles. The lowest BCUT2D eigenvalue weighted by atomic mass is 10.1. The lowest BCUT2D eigenvalue weighted by Crippen LogP contribution is -2.50. The van der Waals surface area contributed by atoms with E-state index < -0.39 is 0 Å². The Morgan fingerprint density at radius 3 is 2.22 bits per heavy atom. The average molecular weight is 437 g/mol. The predicted molar refractivity (Wildman–Crippen MR) is 126 cm³/mol. The summed E-state index contributed by atoms with van der Waals surface area (Å²) < 4.78 is 11.1. The maximum Gasteiger partial charge on any atom is 0.253 e. The first-order valence-electron chi connectivity index (χ1n) is 11.1. The quantitative estimate of drug-likeness (QED) is 0.615. The fraction of sp³-hybridized carbons (Fsp3) is 0.385. The molecule has 170 valence electrons. The summed E-state index contributed by atoms with van der Waals surface area (Å²) in [5, 5.41) is 0. The van der Waals surface area contributed by atoms with Crippen molar-refractivity contribution in [3.63, 3.8) is 0 Å². The first-order chi connectivity index (χ1) is 15.4. The Morgan fingerprint density at radius 1 is 0.969 bits per heavy atom. The SMILES string of the molecule is CCc1ccc(C(=O)N2CCN(C(=O)/C=C/c3ccc(OC(C)C)c(OC)c3)CC2)cc1. The van der Waals surface area contributed by atoms with Crippen LogP contribution >= 0.6 is 0 Å². The second-order valence-electron chi connectivity index (χ2n) is 8.08. The van der Waals surface area contributed by atoms with Gasteiger partial charge >= 0.3 is 0 Å². The molecule has 0 bridgehead atoms. The van der Waals surface area contributed by atoms with Crippen LogP contribution in [0.4, 0.5) is 0 Å². The van der Waals surface area contributed by atoms with E-state index >= 15 is 0 Å². The van der Waals surface area contributed by atoms with E-state index in [2.05, 4.69) is 6.92 Å². The number of piperazine rings is 1. The number of nitrogens with zero attached hydrogens (tertiary/aromatic N) is 2. The molecule has 1 saturated heterocycles. The van der Waals surface area contributed by atoms with Gasteiger partial charge in [0.05, 0.1) is 13.2 Å². The number of hydrogen-bond donors (Lipinski definition) is 0. The summed E-state index contributed by atoms with van der Waals surface area (Å²) in [4.78, 5) is 28.9. The minimum atomic E-state index is -0.0640. The molecule has 6 heteroatoms. The molecule has 0 N–H and O–H groups in total. The van der Waals surface area contributed by atoms with Gasteiger partial charge in [0.1, 0.15) is 0 Å². The summed E-state index contributed by atoms with van der Waals surface area (Å²) in [6.07, 6.45) is 4.34. The molecule has 2 aromatic carbocycles. The Balaban J connectivity index is 1.56. The monoisotopic (exact) mass is 436 g/mol. The zero-order chi connectivity index (χ0) is 23.1. The zero-order valence-corrected chi connectivity index (χ0v) is 19.3. The molecule has 1 aliphatic rings. The molecule has 1 heterocycles. The average Bonchev–Trinajstić information content (AvgIpc) is 2.82. The van der Waals surface area contributed by atoms with Gasteiger partial charge in [0.25, 0.3) is 5.91 Å². The molecule has 0 saturated carbocycles. The van der Waals surface area contributed by atoms with Crippen LogP contribution < -0.4 is 9.47 Å². The van der Waals surface area contributed by atoms with E-state index in [-0.39, 0.29) is 17.9 Å². The normalized spacial score (nSPS) is 14.2. The number of amides is 2. The zero-order valence-electron chi connectivity index (χ0n) is 19.3. The minimum absolute atomic E-state index is 0.0195. The lowest BCUT2D eigenvalue weighted by Gasteiger charge is -2.34. The number of rotatable bonds is 7. The molecule has 0 unspecified atom stereocenters. The van der Waals surface area contributed by atoms with Crippen LogP contribution in [0.25, 0.3) is 6.08 Å². The maximum absolute atomic E-state index is 12.7. The Kier molecular flexibility index (Phi) is 7.92. The van der Waals surface area contributed by atoms with Gasteiger partial charge in [-0.3, -0.25) is 9.59 Å². The molecule has 1 fully saturated rings. The topological polar surface area (TPSA) is 59.1 Å². The molecular weight excluding hydrogens is 404 g/mol. The van der Waals surface area contributed by atoms with Crippen LogP contribution in [0.2, 0.25) is 0 Å². The van der Waals surface area contributed by atoms with E-state index in [9.17, 15) is 9.59 Å². The molecule has 1 aliphatic heterocycles. The molecular formula is C26H32N2O4. The van der Waals surface area contributed by atoms with Crippen molar-refractivity contribution >= 4 is 17.9 Å². The molecule has 2 amide bonds. The van der Waals surface area contributed by atoms with Gasteiger partial charge in [0.15, 0.2) is 11.5 Å². The largest absolute Gasteiger partial charge is 0.493 e. The van der Waals surface area contributed by atoms with Crippen molar-refractivity contribution in [1.82, 2.24) is 9.80 Å². The molecule has 0 aromatic heterocycles. The standard InChI is InChI=1S/C26H32N2O4/c1-5-20-6-10-22(11-7-20)26(30)28-16-14-27(15-17-28)25(29)13-9-21-8-12-23(32-19(2)3)24(18-21)31-4/h6-13,18-19H,5,14-17H2,1-4H3/b13-9+. The van der Waals surface area contributed by atoms with Crippen molar-refractivity contribution in [2.24, 2.45) is 0 Å². The van der Waals surface area contributed by atoms with E-state index in [4.69, 9.17) is 9.47 Å². The highest BCUT2D eigenvalue weighted by molar-refractivity contribution is 5.95. The highest BCUT2D eigenvalue weighted by Gasteiger charge is 2.23. The van der Waals surface area contributed by atoms with Crippen LogP contribution in [0.3, 0.4) is 0 Å². The van der Waals surface area contributed by atoms with Crippen molar-refractivity contribution in [2.45, 2.75) is 33.3 Å². The third-order valence-corrected chi connectivity index (χ3v) is 5.46. The summed E-state index contributed by atoms with van der Waals surface area (Å²) in [5.41, 5.74) is 2.76. The summed E-state index contributed by atoms with van der Waals surface area (Å²) in [5.74, 6) is 1.26. The second kappa shape index (κ2) is 10.8. The number of benzene rings is 2. The highest BCUT2D eigenvalue weighted by Crippen LogP contribution is 2.29. The van der Waals surface area contributed by atoms with Crippen LogP contribution in [0.1, 0.15) is 42.3 Å². The second-order valence-corrected chi connectivity index (χ2v) is 8.08. The van der Waals surface area contributed by atoms with Crippen molar-refractivity contribution in [2.75, 3.05) is 33.3 Å².